The summed E-state index contributed by atoms with van der Waals surface area (Å²) in [5.74, 6) is -0.175. The average Bonchev–Trinajstić information content (AvgIpc) is 2.58. The number of halogens is 1. The van der Waals surface area contributed by atoms with Crippen molar-refractivity contribution < 1.29 is 4.39 Å². The van der Waals surface area contributed by atoms with Gasteiger partial charge in [0.25, 0.3) is 0 Å². The summed E-state index contributed by atoms with van der Waals surface area (Å²) in [5, 5.41) is 6.62. The fourth-order valence-corrected chi connectivity index (χ4v) is 2.47. The Hall–Kier alpha value is -1.35. The molecule has 78 valence electrons. The van der Waals surface area contributed by atoms with E-state index in [0.717, 1.165) is 25.3 Å². The Kier molecular flexibility index (Phi) is 1.83. The van der Waals surface area contributed by atoms with Crippen LogP contribution in [0.3, 0.4) is 0 Å². The van der Waals surface area contributed by atoms with Crippen LogP contribution >= 0.6 is 0 Å². The quantitative estimate of drug-likeness (QED) is 0.628. The zero-order valence-corrected chi connectivity index (χ0v) is 8.39. The third kappa shape index (κ3) is 1.27. The average molecular weight is 204 g/mol. The molecule has 0 aliphatic carbocycles. The van der Waals surface area contributed by atoms with Crippen molar-refractivity contribution in [2.45, 2.75) is 5.41 Å². The van der Waals surface area contributed by atoms with E-state index in [0.29, 0.717) is 0 Å². The van der Waals surface area contributed by atoms with Gasteiger partial charge in [-0.2, -0.15) is 0 Å². The van der Waals surface area contributed by atoms with Crippen molar-refractivity contribution in [3.05, 3.63) is 41.7 Å². The molecule has 0 radical (unpaired) electrons. The zero-order chi connectivity index (χ0) is 10.3. The highest BCUT2D eigenvalue weighted by Crippen LogP contribution is 2.38. The lowest BCUT2D eigenvalue weighted by Gasteiger charge is -2.29. The van der Waals surface area contributed by atoms with Crippen molar-refractivity contribution in [2.24, 2.45) is 0 Å². The third-order valence-corrected chi connectivity index (χ3v) is 3.25. The lowest BCUT2D eigenvalue weighted by atomic mass is 9.80. The molecule has 0 aromatic heterocycles. The van der Waals surface area contributed by atoms with Crippen LogP contribution in [0.2, 0.25) is 0 Å². The van der Waals surface area contributed by atoms with Gasteiger partial charge in [-0.25, -0.2) is 4.39 Å². The van der Waals surface area contributed by atoms with Crippen molar-refractivity contribution in [3.8, 4) is 0 Å². The largest absolute Gasteiger partial charge is 0.383 e. The molecule has 0 unspecified atom stereocenters. The Labute approximate surface area is 88.2 Å². The highest BCUT2D eigenvalue weighted by molar-refractivity contribution is 5.63. The van der Waals surface area contributed by atoms with Crippen LogP contribution in [-0.4, -0.2) is 19.6 Å². The molecule has 0 saturated heterocycles. The van der Waals surface area contributed by atoms with Gasteiger partial charge in [0.1, 0.15) is 5.82 Å². The maximum absolute atomic E-state index is 13.0. The standard InChI is InChI=1S/C12H13FN2/c13-9-2-3-10-11(6-9)15-8-12(10)4-1-5-14-7-12/h1-4,6,14-15H,5,7-8H2/t12-/m0/s1. The van der Waals surface area contributed by atoms with Crippen LogP contribution in [0.4, 0.5) is 10.1 Å². The molecule has 2 nitrogen and oxygen atoms in total. The number of rotatable bonds is 0. The predicted octanol–water partition coefficient (Wildman–Crippen LogP) is 1.65. The molecular formula is C12H13FN2. The van der Waals surface area contributed by atoms with Crippen LogP contribution in [0.1, 0.15) is 5.56 Å². The first kappa shape index (κ1) is 8.92. The molecule has 1 aromatic carbocycles. The monoisotopic (exact) mass is 204 g/mol. The minimum atomic E-state index is -0.175. The molecule has 2 aliphatic rings. The lowest BCUT2D eigenvalue weighted by molar-refractivity contribution is 0.512. The van der Waals surface area contributed by atoms with Crippen LogP contribution in [0, 0.1) is 5.82 Å². The van der Waals surface area contributed by atoms with E-state index in [4.69, 9.17) is 0 Å². The summed E-state index contributed by atoms with van der Waals surface area (Å²) in [6, 6.07) is 5.00. The second kappa shape index (κ2) is 3.07. The van der Waals surface area contributed by atoms with Crippen LogP contribution in [0.25, 0.3) is 0 Å². The summed E-state index contributed by atoms with van der Waals surface area (Å²) in [6.45, 7) is 2.71. The maximum Gasteiger partial charge on any atom is 0.125 e. The molecule has 0 bridgehead atoms. The number of anilines is 1. The second-order valence-corrected chi connectivity index (χ2v) is 4.23. The molecule has 2 N–H and O–H groups in total. The Bertz CT molecular complexity index is 428. The van der Waals surface area contributed by atoms with Crippen molar-refractivity contribution in [1.29, 1.82) is 0 Å². The van der Waals surface area contributed by atoms with Gasteiger partial charge in [0.15, 0.2) is 0 Å². The molecule has 1 aromatic rings. The molecule has 3 heteroatoms. The van der Waals surface area contributed by atoms with E-state index in [-0.39, 0.29) is 11.2 Å². The smallest absolute Gasteiger partial charge is 0.125 e. The van der Waals surface area contributed by atoms with Gasteiger partial charge in [0.2, 0.25) is 0 Å². The summed E-state index contributed by atoms with van der Waals surface area (Å²) >= 11 is 0. The Balaban J connectivity index is 2.11. The zero-order valence-electron chi connectivity index (χ0n) is 8.39. The van der Waals surface area contributed by atoms with Crippen molar-refractivity contribution >= 4 is 5.69 Å². The summed E-state index contributed by atoms with van der Waals surface area (Å²) in [7, 11) is 0. The van der Waals surface area contributed by atoms with Gasteiger partial charge in [-0.15, -0.1) is 0 Å². The number of fused-ring (bicyclic) bond motifs is 2. The highest BCUT2D eigenvalue weighted by Gasteiger charge is 2.37. The number of nitrogens with one attached hydrogen (secondary N) is 2. The van der Waals surface area contributed by atoms with Gasteiger partial charge >= 0.3 is 0 Å². The van der Waals surface area contributed by atoms with Gasteiger partial charge in [0, 0.05) is 30.7 Å². The van der Waals surface area contributed by atoms with Crippen LogP contribution in [0.15, 0.2) is 30.4 Å². The lowest BCUT2D eigenvalue weighted by Crippen LogP contribution is -2.41. The first-order valence-corrected chi connectivity index (χ1v) is 5.23. The van der Waals surface area contributed by atoms with E-state index in [2.05, 4.69) is 22.8 Å². The number of benzene rings is 1. The first-order valence-electron chi connectivity index (χ1n) is 5.23. The Morgan fingerprint density at radius 3 is 3.00 bits per heavy atom. The molecule has 0 saturated carbocycles. The molecule has 1 spiro atoms. The molecular weight excluding hydrogens is 191 g/mol. The van der Waals surface area contributed by atoms with E-state index in [9.17, 15) is 4.39 Å². The minimum absolute atomic E-state index is 0.0291. The summed E-state index contributed by atoms with van der Waals surface area (Å²) in [6.07, 6.45) is 4.38. The molecule has 0 amide bonds. The van der Waals surface area contributed by atoms with E-state index in [1.165, 1.54) is 11.6 Å². The van der Waals surface area contributed by atoms with Crippen molar-refractivity contribution in [3.63, 3.8) is 0 Å². The highest BCUT2D eigenvalue weighted by atomic mass is 19.1. The SMILES string of the molecule is Fc1ccc2c(c1)NC[C@@]21C=CCNC1. The topological polar surface area (TPSA) is 24.1 Å². The predicted molar refractivity (Wildman–Crippen MR) is 58.6 cm³/mol. The van der Waals surface area contributed by atoms with Crippen LogP contribution in [0.5, 0.6) is 0 Å². The molecule has 3 rings (SSSR count). The normalized spacial score (nSPS) is 27.8. The van der Waals surface area contributed by atoms with Gasteiger partial charge in [-0.05, 0) is 17.7 Å². The van der Waals surface area contributed by atoms with Gasteiger partial charge in [0.05, 0.1) is 0 Å². The van der Waals surface area contributed by atoms with Gasteiger partial charge in [-0.3, -0.25) is 0 Å². The van der Waals surface area contributed by atoms with Gasteiger partial charge < -0.3 is 10.6 Å². The van der Waals surface area contributed by atoms with Crippen LogP contribution < -0.4 is 10.6 Å². The van der Waals surface area contributed by atoms with Crippen LogP contribution in [-0.2, 0) is 5.41 Å². The van der Waals surface area contributed by atoms with Crippen molar-refractivity contribution in [2.75, 3.05) is 25.0 Å². The van der Waals surface area contributed by atoms with E-state index in [1.54, 1.807) is 6.07 Å². The van der Waals surface area contributed by atoms with Gasteiger partial charge in [-0.1, -0.05) is 18.2 Å². The molecule has 15 heavy (non-hydrogen) atoms. The fraction of sp³-hybridized carbons (Fsp3) is 0.333. The fourth-order valence-electron chi connectivity index (χ4n) is 2.47. The number of hydrogen-bond donors (Lipinski definition) is 2. The Morgan fingerprint density at radius 2 is 2.20 bits per heavy atom. The summed E-state index contributed by atoms with van der Waals surface area (Å²) in [4.78, 5) is 0. The summed E-state index contributed by atoms with van der Waals surface area (Å²) in [5.41, 5.74) is 2.16. The van der Waals surface area contributed by atoms with Crippen molar-refractivity contribution in [1.82, 2.24) is 5.32 Å². The molecule has 0 fully saturated rings. The molecule has 2 heterocycles. The first-order chi connectivity index (χ1) is 7.30. The second-order valence-electron chi connectivity index (χ2n) is 4.23. The maximum atomic E-state index is 13.0. The Morgan fingerprint density at radius 1 is 1.27 bits per heavy atom. The molecule has 2 aliphatic heterocycles. The minimum Gasteiger partial charge on any atom is -0.383 e. The van der Waals surface area contributed by atoms with E-state index < -0.39 is 0 Å². The van der Waals surface area contributed by atoms with E-state index in [1.807, 2.05) is 6.07 Å². The number of hydrogen-bond acceptors (Lipinski definition) is 2. The van der Waals surface area contributed by atoms with E-state index >= 15 is 0 Å². The molecule has 1 atom stereocenters. The third-order valence-electron chi connectivity index (χ3n) is 3.25. The summed E-state index contributed by atoms with van der Waals surface area (Å²) < 4.78 is 13.0.